The largest absolute Gasteiger partial charge is 0.496 e. The molecular weight excluding hydrogens is 362 g/mol. The van der Waals surface area contributed by atoms with Gasteiger partial charge in [0.2, 0.25) is 0 Å². The summed E-state index contributed by atoms with van der Waals surface area (Å²) in [5.74, 6) is -0.0326. The van der Waals surface area contributed by atoms with Crippen molar-refractivity contribution in [1.29, 1.82) is 0 Å². The normalized spacial score (nSPS) is 15.7. The summed E-state index contributed by atoms with van der Waals surface area (Å²) in [6, 6.07) is 5.49. The third kappa shape index (κ3) is 4.82. The minimum absolute atomic E-state index is 0.135. The second-order valence-corrected chi connectivity index (χ2v) is 6.25. The van der Waals surface area contributed by atoms with Crippen molar-refractivity contribution in [2.75, 3.05) is 20.2 Å². The van der Waals surface area contributed by atoms with Gasteiger partial charge in [0.15, 0.2) is 6.10 Å². The van der Waals surface area contributed by atoms with Crippen LogP contribution in [0.25, 0.3) is 6.08 Å². The molecule has 0 bridgehead atoms. The van der Waals surface area contributed by atoms with Crippen LogP contribution in [0, 0.1) is 0 Å². The molecule has 1 amide bonds. The number of carbonyl (C=O) groups is 2. The molecule has 0 aliphatic carbocycles. The summed E-state index contributed by atoms with van der Waals surface area (Å²) in [6.07, 6.45) is 4.16. The van der Waals surface area contributed by atoms with Gasteiger partial charge in [-0.25, -0.2) is 4.79 Å². The van der Waals surface area contributed by atoms with Crippen LogP contribution in [0.4, 0.5) is 0 Å². The first-order chi connectivity index (χ1) is 11.0. The Labute approximate surface area is 144 Å². The minimum atomic E-state index is -0.769. The van der Waals surface area contributed by atoms with Crippen LogP contribution in [-0.4, -0.2) is 43.1 Å². The fraction of sp³-hybridized carbons (Fsp3) is 0.412. The molecule has 1 fully saturated rings. The van der Waals surface area contributed by atoms with E-state index in [4.69, 9.17) is 9.47 Å². The maximum atomic E-state index is 12.1. The van der Waals surface area contributed by atoms with E-state index in [1.807, 2.05) is 12.1 Å². The van der Waals surface area contributed by atoms with Gasteiger partial charge in [0, 0.05) is 29.2 Å². The highest BCUT2D eigenvalue weighted by Gasteiger charge is 2.25. The Morgan fingerprint density at radius 1 is 1.30 bits per heavy atom. The molecule has 5 nitrogen and oxygen atoms in total. The number of carbonyl (C=O) groups excluding carboxylic acids is 2. The van der Waals surface area contributed by atoms with Crippen LogP contribution in [0.15, 0.2) is 28.7 Å². The first kappa shape index (κ1) is 17.5. The molecule has 124 valence electrons. The molecule has 0 spiro atoms. The zero-order valence-corrected chi connectivity index (χ0v) is 14.8. The number of nitrogens with zero attached hydrogens (tertiary/aromatic N) is 1. The fourth-order valence-corrected chi connectivity index (χ4v) is 2.83. The van der Waals surface area contributed by atoms with E-state index in [0.29, 0.717) is 5.75 Å². The molecule has 1 atom stereocenters. The SMILES string of the molecule is COc1ccc(Br)cc1C=CC(=O)OC(C)C(=O)N1CCCC1. The molecule has 1 aliphatic rings. The quantitative estimate of drug-likeness (QED) is 0.580. The lowest BCUT2D eigenvalue weighted by molar-refractivity contribution is -0.154. The maximum Gasteiger partial charge on any atom is 0.331 e. The predicted molar refractivity (Wildman–Crippen MR) is 91.1 cm³/mol. The number of hydrogen-bond donors (Lipinski definition) is 0. The topological polar surface area (TPSA) is 55.8 Å². The number of rotatable bonds is 5. The molecule has 1 aromatic carbocycles. The summed E-state index contributed by atoms with van der Waals surface area (Å²) in [5.41, 5.74) is 0.748. The number of benzene rings is 1. The van der Waals surface area contributed by atoms with Crippen molar-refractivity contribution in [1.82, 2.24) is 4.90 Å². The van der Waals surface area contributed by atoms with Crippen LogP contribution in [0.5, 0.6) is 5.75 Å². The Balaban J connectivity index is 1.96. The summed E-state index contributed by atoms with van der Waals surface area (Å²) in [6.45, 7) is 3.09. The number of likely N-dealkylation sites (tertiary alicyclic amines) is 1. The third-order valence-electron chi connectivity index (χ3n) is 3.65. The van der Waals surface area contributed by atoms with E-state index in [9.17, 15) is 9.59 Å². The molecule has 1 unspecified atom stereocenters. The Kier molecular flexibility index (Phi) is 6.21. The van der Waals surface area contributed by atoms with Crippen LogP contribution in [0.2, 0.25) is 0 Å². The fourth-order valence-electron chi connectivity index (χ4n) is 2.45. The van der Waals surface area contributed by atoms with E-state index in [1.54, 1.807) is 31.1 Å². The average molecular weight is 382 g/mol. The number of amides is 1. The first-order valence-corrected chi connectivity index (χ1v) is 8.31. The Morgan fingerprint density at radius 2 is 2.00 bits per heavy atom. The molecule has 2 rings (SSSR count). The van der Waals surface area contributed by atoms with Gasteiger partial charge >= 0.3 is 5.97 Å². The molecule has 1 saturated heterocycles. The van der Waals surface area contributed by atoms with Crippen molar-refractivity contribution < 1.29 is 19.1 Å². The van der Waals surface area contributed by atoms with Gasteiger partial charge in [-0.15, -0.1) is 0 Å². The summed E-state index contributed by atoms with van der Waals surface area (Å²) < 4.78 is 11.3. The van der Waals surface area contributed by atoms with Crippen LogP contribution in [0.1, 0.15) is 25.3 Å². The van der Waals surface area contributed by atoms with Gasteiger partial charge in [0.25, 0.3) is 5.91 Å². The summed E-state index contributed by atoms with van der Waals surface area (Å²) in [5, 5.41) is 0. The number of esters is 1. The summed E-state index contributed by atoms with van der Waals surface area (Å²) in [7, 11) is 1.57. The lowest BCUT2D eigenvalue weighted by Gasteiger charge is -2.19. The highest BCUT2D eigenvalue weighted by Crippen LogP contribution is 2.24. The van der Waals surface area contributed by atoms with Gasteiger partial charge in [-0.1, -0.05) is 15.9 Å². The van der Waals surface area contributed by atoms with Crippen LogP contribution < -0.4 is 4.74 Å². The van der Waals surface area contributed by atoms with Crippen LogP contribution in [-0.2, 0) is 14.3 Å². The average Bonchev–Trinajstić information content (AvgIpc) is 3.06. The highest BCUT2D eigenvalue weighted by atomic mass is 79.9. The van der Waals surface area contributed by atoms with E-state index in [1.165, 1.54) is 6.08 Å². The van der Waals surface area contributed by atoms with Crippen LogP contribution in [0.3, 0.4) is 0 Å². The summed E-state index contributed by atoms with van der Waals surface area (Å²) >= 11 is 3.37. The predicted octanol–water partition coefficient (Wildman–Crippen LogP) is 3.03. The lowest BCUT2D eigenvalue weighted by atomic mass is 10.2. The zero-order chi connectivity index (χ0) is 16.8. The Hall–Kier alpha value is -1.82. The first-order valence-electron chi connectivity index (χ1n) is 7.52. The molecule has 1 aromatic rings. The van der Waals surface area contributed by atoms with E-state index in [2.05, 4.69) is 15.9 Å². The van der Waals surface area contributed by atoms with E-state index in [0.717, 1.165) is 36.0 Å². The molecule has 1 heterocycles. The smallest absolute Gasteiger partial charge is 0.331 e. The second-order valence-electron chi connectivity index (χ2n) is 5.33. The summed E-state index contributed by atoms with van der Waals surface area (Å²) in [4.78, 5) is 25.7. The minimum Gasteiger partial charge on any atom is -0.496 e. The van der Waals surface area contributed by atoms with Gasteiger partial charge in [-0.05, 0) is 44.0 Å². The third-order valence-corrected chi connectivity index (χ3v) is 4.14. The van der Waals surface area contributed by atoms with Crippen molar-refractivity contribution in [3.05, 3.63) is 34.3 Å². The van der Waals surface area contributed by atoms with Crippen molar-refractivity contribution >= 4 is 33.9 Å². The van der Waals surface area contributed by atoms with Crippen LogP contribution >= 0.6 is 15.9 Å². The van der Waals surface area contributed by atoms with Gasteiger partial charge in [-0.3, -0.25) is 4.79 Å². The van der Waals surface area contributed by atoms with Crippen molar-refractivity contribution in [3.63, 3.8) is 0 Å². The maximum absolute atomic E-state index is 12.1. The number of halogens is 1. The van der Waals surface area contributed by atoms with Crippen molar-refractivity contribution in [2.24, 2.45) is 0 Å². The number of methoxy groups -OCH3 is 1. The number of ether oxygens (including phenoxy) is 2. The molecular formula is C17H20BrNO4. The van der Waals surface area contributed by atoms with Crippen molar-refractivity contribution in [2.45, 2.75) is 25.9 Å². The molecule has 1 aliphatic heterocycles. The Bertz CT molecular complexity index is 609. The zero-order valence-electron chi connectivity index (χ0n) is 13.3. The van der Waals surface area contributed by atoms with Gasteiger partial charge in [0.1, 0.15) is 5.75 Å². The van der Waals surface area contributed by atoms with Gasteiger partial charge in [-0.2, -0.15) is 0 Å². The number of hydrogen-bond acceptors (Lipinski definition) is 4. The van der Waals surface area contributed by atoms with Gasteiger partial charge < -0.3 is 14.4 Å². The molecule has 0 N–H and O–H groups in total. The van der Waals surface area contributed by atoms with Crippen molar-refractivity contribution in [3.8, 4) is 5.75 Å². The van der Waals surface area contributed by atoms with E-state index in [-0.39, 0.29) is 5.91 Å². The highest BCUT2D eigenvalue weighted by molar-refractivity contribution is 9.10. The van der Waals surface area contributed by atoms with E-state index < -0.39 is 12.1 Å². The van der Waals surface area contributed by atoms with Gasteiger partial charge in [0.05, 0.1) is 7.11 Å². The molecule has 0 aromatic heterocycles. The molecule has 0 radical (unpaired) electrons. The second kappa shape index (κ2) is 8.15. The molecule has 0 saturated carbocycles. The van der Waals surface area contributed by atoms with E-state index >= 15 is 0 Å². The molecule has 6 heteroatoms. The Morgan fingerprint density at radius 3 is 2.65 bits per heavy atom. The molecule has 23 heavy (non-hydrogen) atoms. The standard InChI is InChI=1S/C17H20BrNO4/c1-12(17(21)19-9-3-4-10-19)23-16(20)8-5-13-11-14(18)6-7-15(13)22-2/h5-8,11-12H,3-4,9-10H2,1-2H3. The lowest BCUT2D eigenvalue weighted by Crippen LogP contribution is -2.37. The monoisotopic (exact) mass is 381 g/mol.